The Morgan fingerprint density at radius 2 is 2.25 bits per heavy atom. The molecule has 1 heterocycles. The molecule has 1 aromatic heterocycles. The normalized spacial score (nSPS) is 12.7. The van der Waals surface area contributed by atoms with Gasteiger partial charge in [-0.25, -0.2) is 4.98 Å². The highest BCUT2D eigenvalue weighted by molar-refractivity contribution is 5.27. The second kappa shape index (κ2) is 4.49. The van der Waals surface area contributed by atoms with Crippen LogP contribution in [0.1, 0.15) is 30.0 Å². The van der Waals surface area contributed by atoms with E-state index < -0.39 is 6.10 Å². The van der Waals surface area contributed by atoms with Crippen molar-refractivity contribution in [3.05, 3.63) is 53.6 Å². The van der Waals surface area contributed by atoms with Crippen LogP contribution in [-0.4, -0.2) is 14.7 Å². The predicted molar refractivity (Wildman–Crippen MR) is 63.1 cm³/mol. The molecule has 84 valence electrons. The molecular weight excluding hydrogens is 200 g/mol. The Morgan fingerprint density at radius 3 is 2.94 bits per heavy atom. The monoisotopic (exact) mass is 216 g/mol. The van der Waals surface area contributed by atoms with E-state index in [1.165, 1.54) is 0 Å². The molecule has 16 heavy (non-hydrogen) atoms. The second-order valence-corrected chi connectivity index (χ2v) is 3.89. The van der Waals surface area contributed by atoms with Gasteiger partial charge in [0, 0.05) is 18.9 Å². The number of aromatic nitrogens is 2. The number of aliphatic hydroxyl groups excluding tert-OH is 1. The lowest BCUT2D eigenvalue weighted by Crippen LogP contribution is -2.08. The molecule has 2 rings (SSSR count). The number of aryl methyl sites for hydroxylation is 2. The summed E-state index contributed by atoms with van der Waals surface area (Å²) in [5.41, 5.74) is 2.03. The van der Waals surface area contributed by atoms with E-state index >= 15 is 0 Å². The van der Waals surface area contributed by atoms with Crippen LogP contribution in [0.4, 0.5) is 0 Å². The van der Waals surface area contributed by atoms with E-state index in [9.17, 15) is 5.11 Å². The van der Waals surface area contributed by atoms with Gasteiger partial charge in [0.05, 0.1) is 0 Å². The Labute approximate surface area is 95.4 Å². The molecular formula is C13H16N2O. The van der Waals surface area contributed by atoms with Crippen molar-refractivity contribution in [3.8, 4) is 0 Å². The van der Waals surface area contributed by atoms with Gasteiger partial charge in [0.15, 0.2) is 0 Å². The van der Waals surface area contributed by atoms with Crippen LogP contribution in [0.25, 0.3) is 0 Å². The Balaban J connectivity index is 2.35. The summed E-state index contributed by atoms with van der Waals surface area (Å²) in [5.74, 6) is 0.702. The zero-order chi connectivity index (χ0) is 11.5. The summed E-state index contributed by atoms with van der Waals surface area (Å²) in [7, 11) is 0. The van der Waals surface area contributed by atoms with Crippen LogP contribution in [0.15, 0.2) is 36.7 Å². The Bertz CT molecular complexity index is 476. The maximum Gasteiger partial charge on any atom is 0.142 e. The van der Waals surface area contributed by atoms with E-state index in [0.29, 0.717) is 5.82 Å². The number of rotatable bonds is 3. The molecule has 0 aliphatic heterocycles. The number of hydrogen-bond acceptors (Lipinski definition) is 2. The number of nitrogens with zero attached hydrogens (tertiary/aromatic N) is 2. The highest BCUT2D eigenvalue weighted by atomic mass is 16.3. The first-order chi connectivity index (χ1) is 7.72. The van der Waals surface area contributed by atoms with Crippen LogP contribution in [0.2, 0.25) is 0 Å². The largest absolute Gasteiger partial charge is 0.380 e. The minimum atomic E-state index is -0.644. The zero-order valence-corrected chi connectivity index (χ0v) is 9.59. The first-order valence-corrected chi connectivity index (χ1v) is 5.48. The van der Waals surface area contributed by atoms with Crippen molar-refractivity contribution in [2.45, 2.75) is 26.5 Å². The van der Waals surface area contributed by atoms with Crippen LogP contribution in [0.5, 0.6) is 0 Å². The fourth-order valence-electron chi connectivity index (χ4n) is 1.83. The van der Waals surface area contributed by atoms with Crippen LogP contribution < -0.4 is 0 Å². The van der Waals surface area contributed by atoms with E-state index in [1.54, 1.807) is 6.20 Å². The molecule has 1 N–H and O–H groups in total. The zero-order valence-electron chi connectivity index (χ0n) is 9.59. The van der Waals surface area contributed by atoms with Crippen molar-refractivity contribution in [2.24, 2.45) is 0 Å². The molecule has 3 nitrogen and oxygen atoms in total. The summed E-state index contributed by atoms with van der Waals surface area (Å²) in [6, 6.07) is 7.88. The minimum Gasteiger partial charge on any atom is -0.380 e. The molecule has 0 spiro atoms. The number of aliphatic hydroxyl groups is 1. The van der Waals surface area contributed by atoms with Crippen LogP contribution >= 0.6 is 0 Å². The molecule has 0 fully saturated rings. The van der Waals surface area contributed by atoms with Gasteiger partial charge in [-0.1, -0.05) is 29.8 Å². The Morgan fingerprint density at radius 1 is 1.44 bits per heavy atom. The fourth-order valence-corrected chi connectivity index (χ4v) is 1.83. The molecule has 0 saturated heterocycles. The summed E-state index contributed by atoms with van der Waals surface area (Å²) < 4.78 is 1.95. The van der Waals surface area contributed by atoms with Crippen LogP contribution in [0, 0.1) is 6.92 Å². The van der Waals surface area contributed by atoms with Crippen LogP contribution in [0.3, 0.4) is 0 Å². The highest BCUT2D eigenvalue weighted by Crippen LogP contribution is 2.21. The fraction of sp³-hybridized carbons (Fsp3) is 0.308. The molecule has 1 aromatic carbocycles. The van der Waals surface area contributed by atoms with E-state index in [2.05, 4.69) is 4.98 Å². The molecule has 0 saturated carbocycles. The van der Waals surface area contributed by atoms with Gasteiger partial charge in [0.2, 0.25) is 0 Å². The van der Waals surface area contributed by atoms with Gasteiger partial charge in [-0.3, -0.25) is 0 Å². The molecule has 0 aliphatic rings. The molecule has 0 bridgehead atoms. The molecule has 0 amide bonds. The van der Waals surface area contributed by atoms with Gasteiger partial charge >= 0.3 is 0 Å². The van der Waals surface area contributed by atoms with E-state index in [-0.39, 0.29) is 0 Å². The number of benzene rings is 1. The lowest BCUT2D eigenvalue weighted by molar-refractivity contribution is 0.205. The molecule has 3 heteroatoms. The smallest absolute Gasteiger partial charge is 0.142 e. The lowest BCUT2D eigenvalue weighted by atomic mass is 10.1. The third-order valence-corrected chi connectivity index (χ3v) is 2.69. The summed E-state index contributed by atoms with van der Waals surface area (Å²) >= 11 is 0. The third-order valence-electron chi connectivity index (χ3n) is 2.69. The molecule has 1 unspecified atom stereocenters. The highest BCUT2D eigenvalue weighted by Gasteiger charge is 2.15. The summed E-state index contributed by atoms with van der Waals surface area (Å²) in [6.45, 7) is 4.87. The molecule has 2 aromatic rings. The van der Waals surface area contributed by atoms with E-state index in [4.69, 9.17) is 0 Å². The topological polar surface area (TPSA) is 38.0 Å². The van der Waals surface area contributed by atoms with E-state index in [1.807, 2.05) is 48.9 Å². The third kappa shape index (κ3) is 1.99. The van der Waals surface area contributed by atoms with Gasteiger partial charge in [-0.2, -0.15) is 0 Å². The van der Waals surface area contributed by atoms with Crippen molar-refractivity contribution >= 4 is 0 Å². The maximum atomic E-state index is 10.2. The molecule has 0 aliphatic carbocycles. The average Bonchev–Trinajstić information content (AvgIpc) is 2.76. The van der Waals surface area contributed by atoms with E-state index in [0.717, 1.165) is 17.7 Å². The van der Waals surface area contributed by atoms with Crippen molar-refractivity contribution in [1.29, 1.82) is 0 Å². The Hall–Kier alpha value is -1.61. The van der Waals surface area contributed by atoms with Gasteiger partial charge in [-0.15, -0.1) is 0 Å². The summed E-state index contributed by atoms with van der Waals surface area (Å²) in [4.78, 5) is 4.21. The Kier molecular flexibility index (Phi) is 3.06. The van der Waals surface area contributed by atoms with Gasteiger partial charge < -0.3 is 9.67 Å². The average molecular weight is 216 g/mol. The van der Waals surface area contributed by atoms with Crippen molar-refractivity contribution in [2.75, 3.05) is 0 Å². The standard InChI is InChI=1S/C13H16N2O/c1-3-15-8-7-14-13(15)12(16)11-6-4-5-10(2)9-11/h4-9,12,16H,3H2,1-2H3. The van der Waals surface area contributed by atoms with Gasteiger partial charge in [0.25, 0.3) is 0 Å². The van der Waals surface area contributed by atoms with Crippen molar-refractivity contribution < 1.29 is 5.11 Å². The number of hydrogen-bond donors (Lipinski definition) is 1. The van der Waals surface area contributed by atoms with Gasteiger partial charge in [-0.05, 0) is 19.4 Å². The SMILES string of the molecule is CCn1ccnc1C(O)c1cccc(C)c1. The van der Waals surface area contributed by atoms with Gasteiger partial charge in [0.1, 0.15) is 11.9 Å². The minimum absolute atomic E-state index is 0.644. The predicted octanol–water partition coefficient (Wildman–Crippen LogP) is 2.29. The molecule has 1 atom stereocenters. The summed E-state index contributed by atoms with van der Waals surface area (Å²) in [6.07, 6.45) is 2.96. The maximum absolute atomic E-state index is 10.2. The lowest BCUT2D eigenvalue weighted by Gasteiger charge is -2.12. The number of imidazole rings is 1. The second-order valence-electron chi connectivity index (χ2n) is 3.89. The van der Waals surface area contributed by atoms with Crippen molar-refractivity contribution in [3.63, 3.8) is 0 Å². The van der Waals surface area contributed by atoms with Crippen LogP contribution in [-0.2, 0) is 6.54 Å². The molecule has 0 radical (unpaired) electrons. The van der Waals surface area contributed by atoms with Crippen molar-refractivity contribution in [1.82, 2.24) is 9.55 Å². The quantitative estimate of drug-likeness (QED) is 0.854. The first-order valence-electron chi connectivity index (χ1n) is 5.48. The first kappa shape index (κ1) is 10.9. The summed E-state index contributed by atoms with van der Waals surface area (Å²) in [5, 5.41) is 10.2.